The van der Waals surface area contributed by atoms with E-state index in [1.54, 1.807) is 17.5 Å². The van der Waals surface area contributed by atoms with Crippen molar-refractivity contribution in [2.45, 2.75) is 12.1 Å². The van der Waals surface area contributed by atoms with Crippen molar-refractivity contribution >= 4 is 33.0 Å². The fraction of sp³-hybridized carbons (Fsp3) is 0.143. The first-order chi connectivity index (χ1) is 9.84. The molecule has 2 nitrogen and oxygen atoms in total. The Morgan fingerprint density at radius 1 is 1.33 bits per heavy atom. The number of Topliss-reactive ketones (excluding diaryl/α,β-unsaturated/α-hetero) is 1. The summed E-state index contributed by atoms with van der Waals surface area (Å²) in [6.45, 7) is 0. The average molecular weight is 374 g/mol. The molecule has 2 aromatic rings. The molecule has 0 aliphatic carbocycles. The van der Waals surface area contributed by atoms with E-state index in [2.05, 4.69) is 15.9 Å². The summed E-state index contributed by atoms with van der Waals surface area (Å²) >= 11 is 4.03. The zero-order valence-corrected chi connectivity index (χ0v) is 12.7. The third kappa shape index (κ3) is 3.34. The van der Waals surface area contributed by atoms with E-state index in [-0.39, 0.29) is 10.0 Å². The fourth-order valence-corrected chi connectivity index (χ4v) is 3.01. The normalized spacial score (nSPS) is 12.7. The average Bonchev–Trinajstić information content (AvgIpc) is 2.92. The van der Waals surface area contributed by atoms with Gasteiger partial charge in [0.1, 0.15) is 5.92 Å². The first kappa shape index (κ1) is 15.7. The molecule has 0 saturated heterocycles. The monoisotopic (exact) mass is 373 g/mol. The van der Waals surface area contributed by atoms with Gasteiger partial charge in [0.2, 0.25) is 0 Å². The Kier molecular flexibility index (Phi) is 4.49. The van der Waals surface area contributed by atoms with Crippen LogP contribution in [0.4, 0.5) is 13.2 Å². The van der Waals surface area contributed by atoms with E-state index in [1.165, 1.54) is 23.5 Å². The van der Waals surface area contributed by atoms with Gasteiger partial charge in [-0.3, -0.25) is 4.79 Å². The van der Waals surface area contributed by atoms with Crippen molar-refractivity contribution in [3.05, 3.63) is 56.2 Å². The molecule has 0 saturated carbocycles. The summed E-state index contributed by atoms with van der Waals surface area (Å²) in [5.41, 5.74) is -1.07. The zero-order chi connectivity index (χ0) is 15.6. The van der Waals surface area contributed by atoms with Crippen molar-refractivity contribution in [1.29, 1.82) is 5.26 Å². The van der Waals surface area contributed by atoms with Gasteiger partial charge < -0.3 is 0 Å². The van der Waals surface area contributed by atoms with Crippen LogP contribution < -0.4 is 0 Å². The van der Waals surface area contributed by atoms with Crippen LogP contribution in [-0.2, 0) is 6.18 Å². The molecule has 1 heterocycles. The highest BCUT2D eigenvalue weighted by molar-refractivity contribution is 9.10. The van der Waals surface area contributed by atoms with E-state index >= 15 is 0 Å². The summed E-state index contributed by atoms with van der Waals surface area (Å²) in [4.78, 5) is 12.8. The SMILES string of the molecule is N#CC(C(=O)c1ccc(Br)c(C(F)(F)F)c1)c1cccs1. The van der Waals surface area contributed by atoms with Crippen LogP contribution in [0.15, 0.2) is 40.2 Å². The molecule has 0 aliphatic rings. The minimum atomic E-state index is -4.57. The second kappa shape index (κ2) is 6.00. The quantitative estimate of drug-likeness (QED) is 0.708. The van der Waals surface area contributed by atoms with Crippen LogP contribution in [-0.4, -0.2) is 5.78 Å². The molecule has 108 valence electrons. The Morgan fingerprint density at radius 2 is 2.05 bits per heavy atom. The molecule has 21 heavy (non-hydrogen) atoms. The molecule has 0 amide bonds. The number of carbonyl (C=O) groups is 1. The number of benzene rings is 1. The molecule has 1 unspecified atom stereocenters. The maximum absolute atomic E-state index is 12.8. The Labute approximate surface area is 131 Å². The van der Waals surface area contributed by atoms with Crippen LogP contribution in [0.3, 0.4) is 0 Å². The van der Waals surface area contributed by atoms with E-state index in [1.807, 2.05) is 6.07 Å². The molecule has 1 aromatic carbocycles. The summed E-state index contributed by atoms with van der Waals surface area (Å²) in [5.74, 6) is -1.73. The fourth-order valence-electron chi connectivity index (χ4n) is 1.77. The smallest absolute Gasteiger partial charge is 0.292 e. The van der Waals surface area contributed by atoms with E-state index in [4.69, 9.17) is 5.26 Å². The summed E-state index contributed by atoms with van der Waals surface area (Å²) < 4.78 is 38.4. The first-order valence-electron chi connectivity index (χ1n) is 5.68. The van der Waals surface area contributed by atoms with Crippen molar-refractivity contribution in [3.8, 4) is 6.07 Å². The minimum absolute atomic E-state index is 0.134. The highest BCUT2D eigenvalue weighted by atomic mass is 79.9. The van der Waals surface area contributed by atoms with Crippen molar-refractivity contribution < 1.29 is 18.0 Å². The van der Waals surface area contributed by atoms with Crippen LogP contribution in [0, 0.1) is 11.3 Å². The standard InChI is InChI=1S/C14H7BrF3NOS/c15-11-4-3-8(6-10(11)14(16,17)18)13(20)9(7-19)12-2-1-5-21-12/h1-6,9H. The Bertz CT molecular complexity index is 704. The van der Waals surface area contributed by atoms with Crippen molar-refractivity contribution in [2.75, 3.05) is 0 Å². The molecule has 0 bridgehead atoms. The largest absolute Gasteiger partial charge is 0.417 e. The van der Waals surface area contributed by atoms with Gasteiger partial charge in [0, 0.05) is 14.9 Å². The Hall–Kier alpha value is -1.65. The molecule has 1 aromatic heterocycles. The third-order valence-electron chi connectivity index (χ3n) is 2.78. The number of thiophene rings is 1. The summed E-state index contributed by atoms with van der Waals surface area (Å²) in [6, 6.07) is 8.35. The molecule has 2 rings (SSSR count). The number of carbonyl (C=O) groups excluding carboxylic acids is 1. The van der Waals surface area contributed by atoms with E-state index in [9.17, 15) is 18.0 Å². The van der Waals surface area contributed by atoms with Gasteiger partial charge in [-0.05, 0) is 23.6 Å². The highest BCUT2D eigenvalue weighted by Gasteiger charge is 2.34. The number of rotatable bonds is 3. The minimum Gasteiger partial charge on any atom is -0.292 e. The second-order valence-corrected chi connectivity index (χ2v) is 5.97. The predicted molar refractivity (Wildman–Crippen MR) is 76.1 cm³/mol. The molecule has 0 N–H and O–H groups in total. The van der Waals surface area contributed by atoms with Gasteiger partial charge in [-0.1, -0.05) is 28.1 Å². The van der Waals surface area contributed by atoms with Crippen LogP contribution in [0.25, 0.3) is 0 Å². The second-order valence-electron chi connectivity index (χ2n) is 4.13. The number of nitriles is 1. The van der Waals surface area contributed by atoms with Gasteiger partial charge in [0.15, 0.2) is 5.78 Å². The van der Waals surface area contributed by atoms with Crippen LogP contribution in [0.2, 0.25) is 0 Å². The van der Waals surface area contributed by atoms with Crippen LogP contribution in [0.5, 0.6) is 0 Å². The predicted octanol–water partition coefficient (Wildman–Crippen LogP) is 5.02. The number of nitrogens with zero attached hydrogens (tertiary/aromatic N) is 1. The number of halogens is 4. The number of ketones is 1. The van der Waals surface area contributed by atoms with E-state index < -0.39 is 23.4 Å². The molecular weight excluding hydrogens is 367 g/mol. The maximum Gasteiger partial charge on any atom is 0.417 e. The number of alkyl halides is 3. The molecule has 1 atom stereocenters. The summed E-state index contributed by atoms with van der Waals surface area (Å²) in [6.07, 6.45) is -4.57. The van der Waals surface area contributed by atoms with Gasteiger partial charge in [-0.25, -0.2) is 0 Å². The number of hydrogen-bond acceptors (Lipinski definition) is 3. The van der Waals surface area contributed by atoms with Crippen molar-refractivity contribution in [1.82, 2.24) is 0 Å². The molecule has 0 radical (unpaired) electrons. The summed E-state index contributed by atoms with van der Waals surface area (Å²) in [7, 11) is 0. The highest BCUT2D eigenvalue weighted by Crippen LogP contribution is 2.36. The van der Waals surface area contributed by atoms with Gasteiger partial charge in [0.25, 0.3) is 0 Å². The molecule has 7 heteroatoms. The van der Waals surface area contributed by atoms with Crippen LogP contribution in [0.1, 0.15) is 26.7 Å². The van der Waals surface area contributed by atoms with Gasteiger partial charge >= 0.3 is 6.18 Å². The Balaban J connectivity index is 2.43. The lowest BCUT2D eigenvalue weighted by Crippen LogP contribution is -2.13. The van der Waals surface area contributed by atoms with Gasteiger partial charge in [0.05, 0.1) is 11.6 Å². The molecular formula is C14H7BrF3NOS. The molecule has 0 spiro atoms. The van der Waals surface area contributed by atoms with E-state index in [0.717, 1.165) is 6.07 Å². The van der Waals surface area contributed by atoms with E-state index in [0.29, 0.717) is 4.88 Å². The molecule has 0 aliphatic heterocycles. The maximum atomic E-state index is 12.8. The lowest BCUT2D eigenvalue weighted by molar-refractivity contribution is -0.138. The Morgan fingerprint density at radius 3 is 2.57 bits per heavy atom. The third-order valence-corrected chi connectivity index (χ3v) is 4.40. The topological polar surface area (TPSA) is 40.9 Å². The van der Waals surface area contributed by atoms with Gasteiger partial charge in [-0.2, -0.15) is 18.4 Å². The van der Waals surface area contributed by atoms with Crippen molar-refractivity contribution in [3.63, 3.8) is 0 Å². The first-order valence-corrected chi connectivity index (χ1v) is 7.36. The lowest BCUT2D eigenvalue weighted by atomic mass is 9.96. The van der Waals surface area contributed by atoms with Crippen LogP contribution >= 0.6 is 27.3 Å². The number of hydrogen-bond donors (Lipinski definition) is 0. The van der Waals surface area contributed by atoms with Gasteiger partial charge in [-0.15, -0.1) is 11.3 Å². The lowest BCUT2D eigenvalue weighted by Gasteiger charge is -2.12. The van der Waals surface area contributed by atoms with Crippen molar-refractivity contribution in [2.24, 2.45) is 0 Å². The zero-order valence-electron chi connectivity index (χ0n) is 10.3. The summed E-state index contributed by atoms with van der Waals surface area (Å²) in [5, 5.41) is 10.8. The molecule has 0 fully saturated rings.